The van der Waals surface area contributed by atoms with Gasteiger partial charge in [-0.25, -0.2) is 0 Å². The van der Waals surface area contributed by atoms with Crippen LogP contribution in [0.25, 0.3) is 17.1 Å². The van der Waals surface area contributed by atoms with Crippen LogP contribution in [0.1, 0.15) is 5.56 Å². The summed E-state index contributed by atoms with van der Waals surface area (Å²) in [6, 6.07) is 22.9. The number of rotatable bonds is 6. The Morgan fingerprint density at radius 3 is 2.52 bits per heavy atom. The molecule has 0 saturated heterocycles. The van der Waals surface area contributed by atoms with Crippen LogP contribution >= 0.6 is 35.0 Å². The molecule has 156 valence electrons. The molecule has 0 radical (unpaired) electrons. The maximum atomic E-state index is 12.5. The third kappa shape index (κ3) is 5.10. The number of aromatic nitrogens is 3. The van der Waals surface area contributed by atoms with Crippen molar-refractivity contribution in [2.24, 2.45) is 0 Å². The Bertz CT molecular complexity index is 1230. The molecule has 1 aromatic heterocycles. The molecule has 0 saturated carbocycles. The number of thioether (sulfide) groups is 1. The highest BCUT2D eigenvalue weighted by atomic mass is 35.5. The minimum absolute atomic E-state index is 0.166. The summed E-state index contributed by atoms with van der Waals surface area (Å²) >= 11 is 13.3. The highest BCUT2D eigenvalue weighted by molar-refractivity contribution is 7.99. The molecule has 0 atom stereocenters. The highest BCUT2D eigenvalue weighted by Gasteiger charge is 2.17. The van der Waals surface area contributed by atoms with Crippen molar-refractivity contribution in [1.82, 2.24) is 14.8 Å². The first-order valence-electron chi connectivity index (χ1n) is 9.47. The standard InChI is InChI=1S/C23H18Cl2N4OS/c1-15-6-5-9-18(12-15)29-22(16-7-3-2-4-8-16)27-28-23(29)31-14-21(30)26-17-10-11-19(24)20(25)13-17/h2-13H,14H2,1H3,(H,26,30). The van der Waals surface area contributed by atoms with Gasteiger partial charge < -0.3 is 5.32 Å². The number of hydrogen-bond acceptors (Lipinski definition) is 4. The summed E-state index contributed by atoms with van der Waals surface area (Å²) < 4.78 is 1.97. The van der Waals surface area contributed by atoms with Crippen molar-refractivity contribution in [3.8, 4) is 17.1 Å². The first-order valence-corrected chi connectivity index (χ1v) is 11.2. The van der Waals surface area contributed by atoms with Crippen LogP contribution in [0.15, 0.2) is 78.0 Å². The van der Waals surface area contributed by atoms with E-state index in [0.29, 0.717) is 20.9 Å². The maximum absolute atomic E-state index is 12.5. The lowest BCUT2D eigenvalue weighted by molar-refractivity contribution is -0.113. The molecular formula is C23H18Cl2N4OS. The van der Waals surface area contributed by atoms with E-state index in [-0.39, 0.29) is 11.7 Å². The van der Waals surface area contributed by atoms with Crippen LogP contribution in [0.2, 0.25) is 10.0 Å². The number of carbonyl (C=O) groups is 1. The predicted octanol–water partition coefficient (Wildman–Crippen LogP) is 6.28. The van der Waals surface area contributed by atoms with Crippen LogP contribution in [0.4, 0.5) is 5.69 Å². The number of nitrogens with one attached hydrogen (secondary N) is 1. The lowest BCUT2D eigenvalue weighted by atomic mass is 10.2. The van der Waals surface area contributed by atoms with Gasteiger partial charge in [-0.3, -0.25) is 9.36 Å². The monoisotopic (exact) mass is 468 g/mol. The van der Waals surface area contributed by atoms with Gasteiger partial charge in [-0.05, 0) is 42.8 Å². The van der Waals surface area contributed by atoms with E-state index in [0.717, 1.165) is 22.6 Å². The zero-order chi connectivity index (χ0) is 21.8. The van der Waals surface area contributed by atoms with Crippen molar-refractivity contribution < 1.29 is 4.79 Å². The van der Waals surface area contributed by atoms with Crippen molar-refractivity contribution in [1.29, 1.82) is 0 Å². The summed E-state index contributed by atoms with van der Waals surface area (Å²) in [5.41, 5.74) is 3.60. The Kier molecular flexibility index (Phi) is 6.61. The molecule has 1 amide bonds. The Balaban J connectivity index is 1.58. The van der Waals surface area contributed by atoms with Gasteiger partial charge in [-0.15, -0.1) is 10.2 Å². The second-order valence-corrected chi connectivity index (χ2v) is 8.57. The lowest BCUT2D eigenvalue weighted by Gasteiger charge is -2.11. The summed E-state index contributed by atoms with van der Waals surface area (Å²) in [5, 5.41) is 13.1. The molecule has 0 spiro atoms. The third-order valence-corrected chi connectivity index (χ3v) is 6.13. The smallest absolute Gasteiger partial charge is 0.234 e. The first-order chi connectivity index (χ1) is 15.0. The normalized spacial score (nSPS) is 10.8. The van der Waals surface area contributed by atoms with Crippen LogP contribution < -0.4 is 5.32 Å². The molecule has 0 aliphatic rings. The second-order valence-electron chi connectivity index (χ2n) is 6.81. The molecule has 0 aliphatic heterocycles. The molecule has 0 aliphatic carbocycles. The van der Waals surface area contributed by atoms with E-state index in [9.17, 15) is 4.79 Å². The molecule has 8 heteroatoms. The fourth-order valence-corrected chi connectivity index (χ4v) is 4.09. The van der Waals surface area contributed by atoms with E-state index in [4.69, 9.17) is 23.2 Å². The molecule has 31 heavy (non-hydrogen) atoms. The average molecular weight is 469 g/mol. The zero-order valence-electron chi connectivity index (χ0n) is 16.5. The van der Waals surface area contributed by atoms with E-state index in [1.807, 2.05) is 60.0 Å². The summed E-state index contributed by atoms with van der Waals surface area (Å²) in [6.45, 7) is 2.04. The molecule has 1 heterocycles. The molecule has 0 unspecified atom stereocenters. The summed E-state index contributed by atoms with van der Waals surface area (Å²) in [5.74, 6) is 0.709. The molecule has 4 aromatic rings. The lowest BCUT2D eigenvalue weighted by Crippen LogP contribution is -2.14. The quantitative estimate of drug-likeness (QED) is 0.338. The van der Waals surface area contributed by atoms with E-state index in [2.05, 4.69) is 21.6 Å². The van der Waals surface area contributed by atoms with Gasteiger partial charge in [0.2, 0.25) is 5.91 Å². The zero-order valence-corrected chi connectivity index (χ0v) is 18.9. The summed E-state index contributed by atoms with van der Waals surface area (Å²) in [6.07, 6.45) is 0. The van der Waals surface area contributed by atoms with Gasteiger partial charge in [0.05, 0.1) is 15.8 Å². The number of benzene rings is 3. The third-order valence-electron chi connectivity index (χ3n) is 4.46. The van der Waals surface area contributed by atoms with Crippen LogP contribution in [0, 0.1) is 6.92 Å². The van der Waals surface area contributed by atoms with Gasteiger partial charge in [0, 0.05) is 16.9 Å². The van der Waals surface area contributed by atoms with E-state index in [1.54, 1.807) is 18.2 Å². The first kappa shape index (κ1) is 21.4. The van der Waals surface area contributed by atoms with Crippen LogP contribution in [0.5, 0.6) is 0 Å². The Hall–Kier alpha value is -2.80. The fraction of sp³-hybridized carbons (Fsp3) is 0.0870. The molecular weight excluding hydrogens is 451 g/mol. The largest absolute Gasteiger partial charge is 0.325 e. The number of amides is 1. The summed E-state index contributed by atoms with van der Waals surface area (Å²) in [7, 11) is 0. The Labute approximate surface area is 194 Å². The van der Waals surface area contributed by atoms with Crippen LogP contribution in [-0.4, -0.2) is 26.4 Å². The van der Waals surface area contributed by atoms with Gasteiger partial charge in [-0.1, -0.05) is 77.4 Å². The van der Waals surface area contributed by atoms with Gasteiger partial charge in [0.15, 0.2) is 11.0 Å². The number of carbonyl (C=O) groups excluding carboxylic acids is 1. The molecule has 5 nitrogen and oxygen atoms in total. The number of hydrogen-bond donors (Lipinski definition) is 1. The molecule has 3 aromatic carbocycles. The van der Waals surface area contributed by atoms with E-state index in [1.165, 1.54) is 11.8 Å². The van der Waals surface area contributed by atoms with Gasteiger partial charge >= 0.3 is 0 Å². The maximum Gasteiger partial charge on any atom is 0.234 e. The topological polar surface area (TPSA) is 59.8 Å². The number of halogens is 2. The van der Waals surface area contributed by atoms with Crippen molar-refractivity contribution in [3.05, 3.63) is 88.4 Å². The number of anilines is 1. The number of aryl methyl sites for hydroxylation is 1. The Morgan fingerprint density at radius 2 is 1.77 bits per heavy atom. The van der Waals surface area contributed by atoms with Gasteiger partial charge in [-0.2, -0.15) is 0 Å². The molecule has 4 rings (SSSR count). The minimum atomic E-state index is -0.177. The van der Waals surface area contributed by atoms with Crippen LogP contribution in [0.3, 0.4) is 0 Å². The average Bonchev–Trinajstić information content (AvgIpc) is 3.19. The second kappa shape index (κ2) is 9.56. The van der Waals surface area contributed by atoms with E-state index >= 15 is 0 Å². The molecule has 1 N–H and O–H groups in total. The minimum Gasteiger partial charge on any atom is -0.325 e. The summed E-state index contributed by atoms with van der Waals surface area (Å²) in [4.78, 5) is 12.5. The van der Waals surface area contributed by atoms with Crippen molar-refractivity contribution in [3.63, 3.8) is 0 Å². The number of nitrogens with zero attached hydrogens (tertiary/aromatic N) is 3. The van der Waals surface area contributed by atoms with Crippen molar-refractivity contribution in [2.75, 3.05) is 11.1 Å². The molecule has 0 fully saturated rings. The van der Waals surface area contributed by atoms with Crippen molar-refractivity contribution >= 4 is 46.6 Å². The fourth-order valence-electron chi connectivity index (χ4n) is 3.04. The highest BCUT2D eigenvalue weighted by Crippen LogP contribution is 2.29. The van der Waals surface area contributed by atoms with Crippen LogP contribution in [-0.2, 0) is 4.79 Å². The van der Waals surface area contributed by atoms with Gasteiger partial charge in [0.25, 0.3) is 0 Å². The van der Waals surface area contributed by atoms with Crippen molar-refractivity contribution in [2.45, 2.75) is 12.1 Å². The SMILES string of the molecule is Cc1cccc(-n2c(SCC(=O)Nc3ccc(Cl)c(Cl)c3)nnc2-c2ccccc2)c1. The predicted molar refractivity (Wildman–Crippen MR) is 127 cm³/mol. The molecule has 0 bridgehead atoms. The Morgan fingerprint density at radius 1 is 0.968 bits per heavy atom. The van der Waals surface area contributed by atoms with E-state index < -0.39 is 0 Å². The van der Waals surface area contributed by atoms with Gasteiger partial charge in [0.1, 0.15) is 0 Å².